The molecule has 0 aliphatic heterocycles. The second-order valence-corrected chi connectivity index (χ2v) is 28.9. The van der Waals surface area contributed by atoms with Gasteiger partial charge in [0.15, 0.2) is 0 Å². The quantitative estimate of drug-likeness (QED) is 0.105. The zero-order valence-corrected chi connectivity index (χ0v) is 58.0. The molecular formula is C106H64. The van der Waals surface area contributed by atoms with Crippen LogP contribution >= 0.6 is 0 Å². The third-order valence-electron chi connectivity index (χ3n) is 22.9. The zero-order chi connectivity index (χ0) is 69.5. The van der Waals surface area contributed by atoms with Crippen molar-refractivity contribution in [1.82, 2.24) is 0 Å². The molecule has 0 fully saturated rings. The highest BCUT2D eigenvalue weighted by Gasteiger charge is 2.23. The summed E-state index contributed by atoms with van der Waals surface area (Å²) >= 11 is 0. The van der Waals surface area contributed by atoms with E-state index in [4.69, 9.17) is 0 Å². The zero-order valence-electron chi connectivity index (χ0n) is 58.0. The second kappa shape index (κ2) is 23.9. The largest absolute Gasteiger partial charge is 0.0616 e. The fourth-order valence-corrected chi connectivity index (χ4v) is 18.2. The van der Waals surface area contributed by atoms with Crippen LogP contribution in [0.5, 0.6) is 0 Å². The molecular weight excluding hydrogens is 1270 g/mol. The summed E-state index contributed by atoms with van der Waals surface area (Å²) in [6.45, 7) is 0. The van der Waals surface area contributed by atoms with Gasteiger partial charge in [-0.15, -0.1) is 0 Å². The molecule has 0 spiro atoms. The summed E-state index contributed by atoms with van der Waals surface area (Å²) in [6.07, 6.45) is 0. The van der Waals surface area contributed by atoms with E-state index in [9.17, 15) is 0 Å². The molecule has 0 bridgehead atoms. The van der Waals surface area contributed by atoms with Crippen LogP contribution in [0.2, 0.25) is 0 Å². The SMILES string of the molecule is c1ccc2c(c1)cc1ccc3cccc4ccc2c1c34.c1ccc2c(c1)cc1cccc3c4cccc5cccc(c54)c2c13.c1ccc2c3c4c(ccc5ccc6cccc-3c6c54)cc2c1.c1ccc2cc3cc4cc5ccccc5cc4cc3cc2c1.c1ccc2cc3cc4ccccc4cc3cc2c1. The lowest BCUT2D eigenvalue weighted by Gasteiger charge is -2.16. The first-order valence-corrected chi connectivity index (χ1v) is 36.9. The molecule has 0 saturated carbocycles. The normalized spacial score (nSPS) is 12.0. The van der Waals surface area contributed by atoms with Gasteiger partial charge < -0.3 is 0 Å². The standard InChI is InChI=1S/C24H14.C22H12.C22H14.C20H12.C18H12/c1-2-10-18-16(6-1)14-17-9-5-12-20-19-11-3-7-15-8-4-13-21(22(15)19)24(18)23(17)20;1-2-6-17-15(4-1)12-16-11-10-14-9-8-13-5-3-7-18-19(13)20(14)21(16)22(17)18;1-2-6-16-10-20-14-22-12-18-8-4-3-7-17(18)11-21(22)13-19(20)9-15(16)5-1;1-2-7-17-15(4-1)12-16-9-8-13-5-3-6-14-10-11-18(17)20(16)19(13)14;1-2-6-14-10-18-12-16-8-4-3-7-15(16)11-17(18)9-13(14)5-1/h1-14H;1-12H;1-14H;1-12H;1-12H. The molecule has 26 rings (SSSR count). The lowest BCUT2D eigenvalue weighted by molar-refractivity contribution is 1.77. The smallest absolute Gasteiger partial charge is 0.00137 e. The average molecular weight is 1340 g/mol. The molecule has 0 saturated heterocycles. The van der Waals surface area contributed by atoms with Gasteiger partial charge in [0, 0.05) is 0 Å². The minimum Gasteiger partial charge on any atom is -0.0616 e. The fraction of sp³-hybridized carbons (Fsp3) is 0. The Hall–Kier alpha value is -13.8. The molecule has 1 aliphatic rings. The van der Waals surface area contributed by atoms with Gasteiger partial charge in [-0.05, 0) is 305 Å². The third-order valence-corrected chi connectivity index (χ3v) is 22.9. The Morgan fingerprint density at radius 3 is 0.830 bits per heavy atom. The molecule has 25 aromatic rings. The number of rotatable bonds is 0. The van der Waals surface area contributed by atoms with Gasteiger partial charge in [-0.1, -0.05) is 309 Å². The third kappa shape index (κ3) is 9.62. The van der Waals surface area contributed by atoms with E-state index < -0.39 is 0 Å². The van der Waals surface area contributed by atoms with Crippen LogP contribution in [-0.4, -0.2) is 0 Å². The van der Waals surface area contributed by atoms with Gasteiger partial charge in [-0.3, -0.25) is 0 Å². The first kappa shape index (κ1) is 59.9. The van der Waals surface area contributed by atoms with Crippen LogP contribution in [0.1, 0.15) is 0 Å². The maximum atomic E-state index is 2.33. The molecule has 1 aliphatic carbocycles. The Labute approximate surface area is 610 Å². The first-order chi connectivity index (χ1) is 52.5. The predicted octanol–water partition coefficient (Wildman–Crippen LogP) is 30.4. The summed E-state index contributed by atoms with van der Waals surface area (Å²) in [5, 5.41) is 53.7. The van der Waals surface area contributed by atoms with Crippen molar-refractivity contribution in [3.8, 4) is 11.1 Å². The average Bonchev–Trinajstić information content (AvgIpc) is 1.34. The number of benzene rings is 25. The molecule has 106 heavy (non-hydrogen) atoms. The molecule has 0 atom stereocenters. The molecule has 0 N–H and O–H groups in total. The highest BCUT2D eigenvalue weighted by molar-refractivity contribution is 6.39. The van der Waals surface area contributed by atoms with Crippen LogP contribution in [0.25, 0.3) is 227 Å². The second-order valence-electron chi connectivity index (χ2n) is 28.9. The van der Waals surface area contributed by atoms with Gasteiger partial charge in [-0.2, -0.15) is 0 Å². The van der Waals surface area contributed by atoms with E-state index in [0.717, 1.165) is 0 Å². The Morgan fingerprint density at radius 1 is 0.0943 bits per heavy atom. The molecule has 0 unspecified atom stereocenters. The Morgan fingerprint density at radius 2 is 0.349 bits per heavy atom. The highest BCUT2D eigenvalue weighted by atomic mass is 14.3. The van der Waals surface area contributed by atoms with Crippen molar-refractivity contribution >= 4 is 215 Å². The van der Waals surface area contributed by atoms with E-state index in [1.807, 2.05) is 0 Å². The molecule has 0 heteroatoms. The number of hydrogen-bond acceptors (Lipinski definition) is 0. The topological polar surface area (TPSA) is 0 Å². The Bertz CT molecular complexity index is 7600. The summed E-state index contributed by atoms with van der Waals surface area (Å²) in [7, 11) is 0. The summed E-state index contributed by atoms with van der Waals surface area (Å²) in [5.41, 5.74) is 2.82. The first-order valence-electron chi connectivity index (χ1n) is 36.9. The van der Waals surface area contributed by atoms with Crippen LogP contribution in [0.3, 0.4) is 0 Å². The molecule has 0 amide bonds. The van der Waals surface area contributed by atoms with Gasteiger partial charge in [0.2, 0.25) is 0 Å². The predicted molar refractivity (Wildman–Crippen MR) is 464 cm³/mol. The monoisotopic (exact) mass is 1340 g/mol. The van der Waals surface area contributed by atoms with Gasteiger partial charge in [0.05, 0.1) is 0 Å². The van der Waals surface area contributed by atoms with Crippen molar-refractivity contribution in [2.24, 2.45) is 0 Å². The maximum Gasteiger partial charge on any atom is -0.00137 e. The Balaban J connectivity index is 0.0000000830. The van der Waals surface area contributed by atoms with Crippen molar-refractivity contribution in [3.63, 3.8) is 0 Å². The molecule has 488 valence electrons. The van der Waals surface area contributed by atoms with Crippen LogP contribution in [0.4, 0.5) is 0 Å². The minimum absolute atomic E-state index is 1.30. The van der Waals surface area contributed by atoms with Crippen LogP contribution in [0, 0.1) is 0 Å². The lowest BCUT2D eigenvalue weighted by Crippen LogP contribution is -1.88. The van der Waals surface area contributed by atoms with Crippen LogP contribution in [0.15, 0.2) is 388 Å². The molecule has 25 aromatic carbocycles. The minimum atomic E-state index is 1.30. The van der Waals surface area contributed by atoms with E-state index >= 15 is 0 Å². The molecule has 0 radical (unpaired) electrons. The Kier molecular flexibility index (Phi) is 13.5. The van der Waals surface area contributed by atoms with Crippen molar-refractivity contribution < 1.29 is 0 Å². The van der Waals surface area contributed by atoms with E-state index in [1.165, 1.54) is 227 Å². The van der Waals surface area contributed by atoms with Gasteiger partial charge in [0.25, 0.3) is 0 Å². The van der Waals surface area contributed by atoms with Gasteiger partial charge in [-0.25, -0.2) is 0 Å². The van der Waals surface area contributed by atoms with E-state index in [1.54, 1.807) is 0 Å². The molecule has 0 nitrogen and oxygen atoms in total. The van der Waals surface area contributed by atoms with Crippen molar-refractivity contribution in [2.75, 3.05) is 0 Å². The summed E-state index contributed by atoms with van der Waals surface area (Å²) in [5.74, 6) is 0. The highest BCUT2D eigenvalue weighted by Crippen LogP contribution is 2.51. The number of fused-ring (bicyclic) bond motifs is 16. The van der Waals surface area contributed by atoms with Gasteiger partial charge >= 0.3 is 0 Å². The molecule has 0 aromatic heterocycles. The molecule has 0 heterocycles. The fourth-order valence-electron chi connectivity index (χ4n) is 18.2. The van der Waals surface area contributed by atoms with Crippen molar-refractivity contribution in [2.45, 2.75) is 0 Å². The van der Waals surface area contributed by atoms with E-state index in [2.05, 4.69) is 388 Å². The summed E-state index contributed by atoms with van der Waals surface area (Å²) in [6, 6.07) is 141. The number of hydrogen-bond donors (Lipinski definition) is 0. The summed E-state index contributed by atoms with van der Waals surface area (Å²) < 4.78 is 0. The summed E-state index contributed by atoms with van der Waals surface area (Å²) in [4.78, 5) is 0. The van der Waals surface area contributed by atoms with E-state index in [0.29, 0.717) is 0 Å². The van der Waals surface area contributed by atoms with Crippen molar-refractivity contribution in [1.29, 1.82) is 0 Å². The van der Waals surface area contributed by atoms with Crippen LogP contribution in [-0.2, 0) is 0 Å². The van der Waals surface area contributed by atoms with Crippen molar-refractivity contribution in [3.05, 3.63) is 388 Å². The maximum absolute atomic E-state index is 2.33. The lowest BCUT2D eigenvalue weighted by atomic mass is 9.87. The van der Waals surface area contributed by atoms with Crippen LogP contribution < -0.4 is 0 Å². The van der Waals surface area contributed by atoms with Gasteiger partial charge in [0.1, 0.15) is 0 Å². The van der Waals surface area contributed by atoms with E-state index in [-0.39, 0.29) is 0 Å².